The number of furan rings is 1. The molecular formula is C32H38N4O10S. The number of hydrogen-bond donors (Lipinski definition) is 2. The molecule has 0 radical (unpaired) electrons. The van der Waals surface area contributed by atoms with Crippen LogP contribution >= 0.6 is 11.8 Å². The Bertz CT molecular complexity index is 1570. The number of fused-ring (bicyclic) bond motifs is 1. The number of nitro groups is 1. The predicted molar refractivity (Wildman–Crippen MR) is 168 cm³/mol. The molecule has 14 nitrogen and oxygen atoms in total. The monoisotopic (exact) mass is 670 g/mol. The van der Waals surface area contributed by atoms with E-state index in [1.54, 1.807) is 32.9 Å². The number of nitrogens with zero attached hydrogens (tertiary/aromatic N) is 3. The summed E-state index contributed by atoms with van der Waals surface area (Å²) in [4.78, 5) is 66.9. The van der Waals surface area contributed by atoms with Crippen molar-refractivity contribution >= 4 is 41.7 Å². The molecule has 1 aromatic carbocycles. The second-order valence-corrected chi connectivity index (χ2v) is 14.3. The Morgan fingerprint density at radius 1 is 1.28 bits per heavy atom. The Balaban J connectivity index is 1.43. The number of β-lactam (4-membered cyclic amide) rings is 1. The molecule has 15 heteroatoms. The molecule has 1 aromatic heterocycles. The van der Waals surface area contributed by atoms with Crippen LogP contribution in [0.1, 0.15) is 52.4 Å². The van der Waals surface area contributed by atoms with E-state index in [1.165, 1.54) is 59.0 Å². The molecule has 0 unspecified atom stereocenters. The first-order chi connectivity index (χ1) is 22.2. The van der Waals surface area contributed by atoms with E-state index >= 15 is 0 Å². The lowest BCUT2D eigenvalue weighted by Crippen LogP contribution is -2.63. The number of amides is 2. The van der Waals surface area contributed by atoms with E-state index < -0.39 is 57.5 Å². The molecule has 3 aliphatic heterocycles. The number of aldehydes is 1. The fourth-order valence-electron chi connectivity index (χ4n) is 6.28. The van der Waals surface area contributed by atoms with Crippen LogP contribution in [0.15, 0.2) is 57.7 Å². The highest BCUT2D eigenvalue weighted by atomic mass is 32.2. The molecule has 3 aliphatic rings. The molecule has 47 heavy (non-hydrogen) atoms. The average molecular weight is 671 g/mol. The maximum Gasteiger partial charge on any atom is 0.412 e. The number of benzene rings is 1. The van der Waals surface area contributed by atoms with Crippen molar-refractivity contribution in [2.75, 3.05) is 6.54 Å². The molecule has 0 aliphatic carbocycles. The second-order valence-electron chi connectivity index (χ2n) is 13.0. The van der Waals surface area contributed by atoms with Crippen LogP contribution in [0.3, 0.4) is 0 Å². The minimum Gasteiger partial charge on any atom is -0.468 e. The van der Waals surface area contributed by atoms with Crippen molar-refractivity contribution in [3.8, 4) is 0 Å². The minimum atomic E-state index is -1.46. The van der Waals surface area contributed by atoms with Gasteiger partial charge in [0.05, 0.1) is 35.8 Å². The van der Waals surface area contributed by atoms with E-state index in [0.29, 0.717) is 22.5 Å². The zero-order valence-electron chi connectivity index (χ0n) is 26.7. The minimum absolute atomic E-state index is 0.0484. The average Bonchev–Trinajstić information content (AvgIpc) is 3.71. The molecule has 0 saturated carbocycles. The van der Waals surface area contributed by atoms with E-state index in [1.807, 2.05) is 6.92 Å². The van der Waals surface area contributed by atoms with Gasteiger partial charge in [-0.15, -0.1) is 11.8 Å². The van der Waals surface area contributed by atoms with Gasteiger partial charge in [-0.2, -0.15) is 0 Å². The van der Waals surface area contributed by atoms with Crippen LogP contribution in [0.25, 0.3) is 0 Å². The van der Waals surface area contributed by atoms with Crippen molar-refractivity contribution in [3.05, 3.63) is 74.7 Å². The quantitative estimate of drug-likeness (QED) is 0.116. The smallest absolute Gasteiger partial charge is 0.412 e. The summed E-state index contributed by atoms with van der Waals surface area (Å²) in [6.07, 6.45) is 0.693. The van der Waals surface area contributed by atoms with Crippen LogP contribution in [-0.2, 0) is 37.0 Å². The van der Waals surface area contributed by atoms with Gasteiger partial charge < -0.3 is 23.9 Å². The highest BCUT2D eigenvalue weighted by Gasteiger charge is 2.61. The summed E-state index contributed by atoms with van der Waals surface area (Å²) < 4.78 is 16.7. The topological polar surface area (TPSA) is 182 Å². The molecule has 2 fully saturated rings. The number of rotatable bonds is 11. The number of nitrogens with one attached hydrogen (secondary N) is 1. The van der Waals surface area contributed by atoms with Crippen molar-refractivity contribution in [2.45, 2.75) is 82.9 Å². The van der Waals surface area contributed by atoms with Crippen LogP contribution < -0.4 is 5.32 Å². The number of aliphatic hydroxyl groups excluding tert-OH is 1. The van der Waals surface area contributed by atoms with Gasteiger partial charge >= 0.3 is 12.1 Å². The molecular weight excluding hydrogens is 632 g/mol. The summed E-state index contributed by atoms with van der Waals surface area (Å²) >= 11 is 1.29. The van der Waals surface area contributed by atoms with Gasteiger partial charge in [-0.05, 0) is 57.5 Å². The van der Waals surface area contributed by atoms with Gasteiger partial charge in [-0.3, -0.25) is 29.9 Å². The van der Waals surface area contributed by atoms with Crippen LogP contribution in [0.2, 0.25) is 0 Å². The van der Waals surface area contributed by atoms with E-state index in [-0.39, 0.29) is 43.4 Å². The highest BCUT2D eigenvalue weighted by molar-refractivity contribution is 8.03. The number of carbonyl (C=O) groups is 4. The fraction of sp³-hybridized carbons (Fsp3) is 0.500. The molecule has 2 aromatic rings. The molecule has 6 atom stereocenters. The van der Waals surface area contributed by atoms with Crippen molar-refractivity contribution < 1.29 is 43.1 Å². The van der Waals surface area contributed by atoms with E-state index in [4.69, 9.17) is 13.9 Å². The summed E-state index contributed by atoms with van der Waals surface area (Å²) in [5, 5.41) is 24.2. The van der Waals surface area contributed by atoms with E-state index in [2.05, 4.69) is 5.32 Å². The Kier molecular flexibility index (Phi) is 9.53. The molecule has 4 heterocycles. The molecule has 5 rings (SSSR count). The molecule has 2 saturated heterocycles. The second kappa shape index (κ2) is 13.1. The Morgan fingerprint density at radius 3 is 2.55 bits per heavy atom. The Labute approximate surface area is 275 Å². The van der Waals surface area contributed by atoms with Crippen molar-refractivity contribution in [1.29, 1.82) is 0 Å². The number of carbonyl (C=O) groups excluding carboxylic acids is 4. The summed E-state index contributed by atoms with van der Waals surface area (Å²) in [6, 6.07) is 8.54. The van der Waals surface area contributed by atoms with E-state index in [9.17, 15) is 34.4 Å². The number of non-ortho nitro benzene ring substituents is 1. The van der Waals surface area contributed by atoms with Crippen LogP contribution in [0.4, 0.5) is 10.5 Å². The summed E-state index contributed by atoms with van der Waals surface area (Å²) in [5.41, 5.74) is -1.83. The van der Waals surface area contributed by atoms with Crippen molar-refractivity contribution in [1.82, 2.24) is 15.1 Å². The van der Waals surface area contributed by atoms with Crippen molar-refractivity contribution in [2.24, 2.45) is 11.8 Å². The lowest BCUT2D eigenvalue weighted by atomic mass is 9.79. The number of hydrogen-bond acceptors (Lipinski definition) is 12. The van der Waals surface area contributed by atoms with Gasteiger partial charge in [0, 0.05) is 41.2 Å². The third kappa shape index (κ3) is 6.78. The van der Waals surface area contributed by atoms with Crippen LogP contribution in [0, 0.1) is 22.0 Å². The number of aliphatic hydroxyl groups is 1. The van der Waals surface area contributed by atoms with Gasteiger partial charge in [0.1, 0.15) is 23.7 Å². The lowest BCUT2D eigenvalue weighted by Gasteiger charge is -2.46. The first-order valence-corrected chi connectivity index (χ1v) is 16.1. The van der Waals surface area contributed by atoms with Crippen LogP contribution in [0.5, 0.6) is 0 Å². The zero-order chi connectivity index (χ0) is 34.3. The Morgan fingerprint density at radius 2 is 1.98 bits per heavy atom. The normalized spacial score (nSPS) is 26.1. The zero-order valence-corrected chi connectivity index (χ0v) is 27.5. The lowest BCUT2D eigenvalue weighted by molar-refractivity contribution is -0.384. The van der Waals surface area contributed by atoms with Crippen molar-refractivity contribution in [3.63, 3.8) is 0 Å². The molecule has 2 amide bonds. The van der Waals surface area contributed by atoms with Gasteiger partial charge in [-0.1, -0.05) is 6.92 Å². The van der Waals surface area contributed by atoms with Gasteiger partial charge in [0.25, 0.3) is 5.69 Å². The summed E-state index contributed by atoms with van der Waals surface area (Å²) in [5.74, 6) is -1.69. The number of nitro benzene ring substituents is 1. The third-order valence-corrected chi connectivity index (χ3v) is 9.95. The standard InChI is InChI=1S/C32H38N4O10S/c1-18-25-24(19(2)38)28(39)35(25)26(29(40)45-16-20-8-10-21(11-9-20)36(42)43)27(18)47-23-13-32(17-37,33-14-22-7-6-12-44-22)34(15-23)30(41)46-31(3,4)5/h6-12,17-19,23-25,33,38H,13-16H2,1-5H3/t18-,19-,23+,24-,25-,32+/m1/s1. The SMILES string of the molecule is C[C@@H](O)[C@H]1C(=O)N2C(C(=O)OCc3ccc([N+](=O)[O-])cc3)=C(S[C@@H]3CN(C(=O)OC(C)(C)C)[C@@](C=O)(NCc4ccco4)C3)[C@H](C)[C@H]12. The largest absolute Gasteiger partial charge is 0.468 e. The van der Waals surface area contributed by atoms with Gasteiger partial charge in [0.2, 0.25) is 5.91 Å². The molecule has 0 bridgehead atoms. The molecule has 0 spiro atoms. The van der Waals surface area contributed by atoms with Gasteiger partial charge in [0.15, 0.2) is 11.9 Å². The number of likely N-dealkylation sites (tertiary alicyclic amines) is 1. The maximum atomic E-state index is 13.7. The van der Waals surface area contributed by atoms with E-state index in [0.717, 1.165) is 0 Å². The number of thioether (sulfide) groups is 1. The predicted octanol–water partition coefficient (Wildman–Crippen LogP) is 3.73. The molecule has 252 valence electrons. The summed E-state index contributed by atoms with van der Waals surface area (Å²) in [6.45, 7) is 8.62. The maximum absolute atomic E-state index is 13.7. The van der Waals surface area contributed by atoms with Crippen LogP contribution in [-0.4, -0.2) is 79.3 Å². The third-order valence-electron chi connectivity index (χ3n) is 8.48. The molecule has 2 N–H and O–H groups in total. The van der Waals surface area contributed by atoms with Gasteiger partial charge in [-0.25, -0.2) is 9.59 Å². The first-order valence-electron chi connectivity index (χ1n) is 15.2. The summed E-state index contributed by atoms with van der Waals surface area (Å²) in [7, 11) is 0. The first kappa shape index (κ1) is 34.1. The Hall–Kier alpha value is -4.21. The fourth-order valence-corrected chi connectivity index (χ4v) is 7.84. The number of ether oxygens (including phenoxy) is 2. The highest BCUT2D eigenvalue weighted by Crippen LogP contribution is 2.53. The number of esters is 1.